The summed E-state index contributed by atoms with van der Waals surface area (Å²) in [6, 6.07) is 0. The smallest absolute Gasteiger partial charge is 0.306 e. The van der Waals surface area contributed by atoms with Crippen LogP contribution in [0.1, 0.15) is 25.7 Å². The summed E-state index contributed by atoms with van der Waals surface area (Å²) >= 11 is 0. The normalized spacial score (nSPS) is 46.1. The van der Waals surface area contributed by atoms with E-state index in [1.807, 2.05) is 0 Å². The molecule has 2 rings (SSSR count). The molecule has 3 heteroatoms. The van der Waals surface area contributed by atoms with Gasteiger partial charge in [-0.15, -0.1) is 0 Å². The Balaban J connectivity index is 2.07. The number of fused-ring (bicyclic) bond motifs is 2. The maximum absolute atomic E-state index is 10.7. The third kappa shape index (κ3) is 1.12. The van der Waals surface area contributed by atoms with Crippen molar-refractivity contribution in [3.05, 3.63) is 0 Å². The van der Waals surface area contributed by atoms with Gasteiger partial charge in [-0.05, 0) is 37.5 Å². The molecule has 2 saturated carbocycles. The highest BCUT2D eigenvalue weighted by atomic mass is 16.4. The Bertz CT molecular complexity index is 188. The van der Waals surface area contributed by atoms with Gasteiger partial charge in [0.15, 0.2) is 0 Å². The molecule has 2 fully saturated rings. The average molecular weight is 170 g/mol. The summed E-state index contributed by atoms with van der Waals surface area (Å²) in [6.45, 7) is 0. The van der Waals surface area contributed by atoms with Crippen LogP contribution in [0, 0.1) is 17.8 Å². The standard InChI is InChI=1S/C9H14O3/c10-8-5-1-2-6(8)4-7(3-5)9(11)12/h5-8,10H,1-4H2,(H,11,12)/t5-,6-,7?,8?/m0/s1. The predicted molar refractivity (Wildman–Crippen MR) is 42.6 cm³/mol. The number of carbonyl (C=O) groups is 1. The molecule has 2 bridgehead atoms. The van der Waals surface area contributed by atoms with Crippen molar-refractivity contribution in [1.29, 1.82) is 0 Å². The molecular formula is C9H14O3. The quantitative estimate of drug-likeness (QED) is 0.614. The van der Waals surface area contributed by atoms with Crippen LogP contribution < -0.4 is 0 Å². The summed E-state index contributed by atoms with van der Waals surface area (Å²) in [4.78, 5) is 10.7. The van der Waals surface area contributed by atoms with E-state index >= 15 is 0 Å². The van der Waals surface area contributed by atoms with Crippen LogP contribution in [0.25, 0.3) is 0 Å². The molecule has 0 aromatic heterocycles. The van der Waals surface area contributed by atoms with Gasteiger partial charge in [-0.25, -0.2) is 0 Å². The molecule has 12 heavy (non-hydrogen) atoms. The van der Waals surface area contributed by atoms with E-state index in [0.29, 0.717) is 12.8 Å². The van der Waals surface area contributed by atoms with Crippen LogP contribution in [-0.2, 0) is 4.79 Å². The van der Waals surface area contributed by atoms with Crippen molar-refractivity contribution in [2.24, 2.45) is 17.8 Å². The molecule has 2 atom stereocenters. The van der Waals surface area contributed by atoms with E-state index in [1.54, 1.807) is 0 Å². The Morgan fingerprint density at radius 1 is 1.17 bits per heavy atom. The molecule has 68 valence electrons. The summed E-state index contributed by atoms with van der Waals surface area (Å²) in [5, 5.41) is 18.4. The highest BCUT2D eigenvalue weighted by molar-refractivity contribution is 5.70. The van der Waals surface area contributed by atoms with Crippen LogP contribution in [0.3, 0.4) is 0 Å². The van der Waals surface area contributed by atoms with Gasteiger partial charge < -0.3 is 10.2 Å². The molecule has 0 aliphatic heterocycles. The third-order valence-electron chi connectivity index (χ3n) is 3.40. The van der Waals surface area contributed by atoms with E-state index in [0.717, 1.165) is 12.8 Å². The molecule has 0 amide bonds. The number of carboxylic acid groups (broad SMARTS) is 1. The Morgan fingerprint density at radius 2 is 1.67 bits per heavy atom. The van der Waals surface area contributed by atoms with Crippen molar-refractivity contribution in [3.63, 3.8) is 0 Å². The Labute approximate surface area is 71.4 Å². The lowest BCUT2D eigenvalue weighted by molar-refractivity contribution is -0.144. The molecule has 0 saturated heterocycles. The maximum atomic E-state index is 10.7. The number of hydrogen-bond donors (Lipinski definition) is 2. The fraction of sp³-hybridized carbons (Fsp3) is 0.889. The fourth-order valence-corrected chi connectivity index (χ4v) is 2.70. The van der Waals surface area contributed by atoms with E-state index in [9.17, 15) is 9.90 Å². The zero-order valence-electron chi connectivity index (χ0n) is 6.94. The van der Waals surface area contributed by atoms with Crippen molar-refractivity contribution in [3.8, 4) is 0 Å². The van der Waals surface area contributed by atoms with E-state index in [-0.39, 0.29) is 23.9 Å². The maximum Gasteiger partial charge on any atom is 0.306 e. The molecule has 3 nitrogen and oxygen atoms in total. The summed E-state index contributed by atoms with van der Waals surface area (Å²) in [5.74, 6) is -0.334. The highest BCUT2D eigenvalue weighted by Gasteiger charge is 2.43. The van der Waals surface area contributed by atoms with Crippen LogP contribution in [-0.4, -0.2) is 22.3 Å². The molecule has 0 heterocycles. The van der Waals surface area contributed by atoms with Gasteiger partial charge >= 0.3 is 5.97 Å². The minimum Gasteiger partial charge on any atom is -0.481 e. The van der Waals surface area contributed by atoms with Gasteiger partial charge in [0.25, 0.3) is 0 Å². The first kappa shape index (κ1) is 8.05. The lowest BCUT2D eigenvalue weighted by Gasteiger charge is -2.29. The van der Waals surface area contributed by atoms with Crippen molar-refractivity contribution < 1.29 is 15.0 Å². The van der Waals surface area contributed by atoms with Gasteiger partial charge in [-0.3, -0.25) is 4.79 Å². The summed E-state index contributed by atoms with van der Waals surface area (Å²) in [6.07, 6.45) is 3.21. The first-order valence-electron chi connectivity index (χ1n) is 4.59. The van der Waals surface area contributed by atoms with E-state index in [1.165, 1.54) is 0 Å². The monoisotopic (exact) mass is 170 g/mol. The predicted octanol–water partition coefficient (Wildman–Crippen LogP) is 0.868. The van der Waals surface area contributed by atoms with Crippen molar-refractivity contribution in [2.75, 3.05) is 0 Å². The Kier molecular flexibility index (Phi) is 1.83. The Morgan fingerprint density at radius 3 is 2.08 bits per heavy atom. The van der Waals surface area contributed by atoms with Crippen LogP contribution in [0.2, 0.25) is 0 Å². The van der Waals surface area contributed by atoms with Crippen molar-refractivity contribution in [2.45, 2.75) is 31.8 Å². The minimum absolute atomic E-state index is 0.189. The molecular weight excluding hydrogens is 156 g/mol. The summed E-state index contributed by atoms with van der Waals surface area (Å²) < 4.78 is 0. The molecule has 0 spiro atoms. The number of aliphatic hydroxyl groups is 1. The van der Waals surface area contributed by atoms with Crippen LogP contribution in [0.5, 0.6) is 0 Å². The molecule has 2 aliphatic rings. The minimum atomic E-state index is -0.682. The second kappa shape index (κ2) is 2.73. The topological polar surface area (TPSA) is 57.5 Å². The first-order valence-corrected chi connectivity index (χ1v) is 4.59. The summed E-state index contributed by atoms with van der Waals surface area (Å²) in [7, 11) is 0. The molecule has 0 aromatic rings. The number of rotatable bonds is 1. The SMILES string of the molecule is O=C(O)C1C[C@@H]2CC[C@@H](C1)C2O. The van der Waals surface area contributed by atoms with Gasteiger partial charge in [0.05, 0.1) is 12.0 Å². The highest BCUT2D eigenvalue weighted by Crippen LogP contribution is 2.44. The number of aliphatic hydroxyl groups excluding tert-OH is 1. The molecule has 2 N–H and O–H groups in total. The lowest BCUT2D eigenvalue weighted by Crippen LogP contribution is -2.33. The third-order valence-corrected chi connectivity index (χ3v) is 3.40. The molecule has 0 unspecified atom stereocenters. The zero-order chi connectivity index (χ0) is 8.72. The fourth-order valence-electron chi connectivity index (χ4n) is 2.70. The number of carboxylic acids is 1. The second-order valence-electron chi connectivity index (χ2n) is 4.09. The zero-order valence-corrected chi connectivity index (χ0v) is 6.94. The second-order valence-corrected chi connectivity index (χ2v) is 4.09. The van der Waals surface area contributed by atoms with Crippen molar-refractivity contribution >= 4 is 5.97 Å². The average Bonchev–Trinajstić information content (AvgIpc) is 2.30. The first-order chi connectivity index (χ1) is 5.68. The van der Waals surface area contributed by atoms with E-state index in [2.05, 4.69) is 0 Å². The molecule has 0 radical (unpaired) electrons. The van der Waals surface area contributed by atoms with Crippen LogP contribution >= 0.6 is 0 Å². The van der Waals surface area contributed by atoms with Crippen molar-refractivity contribution in [1.82, 2.24) is 0 Å². The number of hydrogen-bond acceptors (Lipinski definition) is 2. The van der Waals surface area contributed by atoms with Gasteiger partial charge in [0, 0.05) is 0 Å². The Hall–Kier alpha value is -0.570. The number of aliphatic carboxylic acids is 1. The largest absolute Gasteiger partial charge is 0.481 e. The van der Waals surface area contributed by atoms with Gasteiger partial charge in [0.1, 0.15) is 0 Å². The lowest BCUT2D eigenvalue weighted by atomic mass is 9.79. The van der Waals surface area contributed by atoms with E-state index < -0.39 is 5.97 Å². The van der Waals surface area contributed by atoms with E-state index in [4.69, 9.17) is 5.11 Å². The molecule has 2 aliphatic carbocycles. The van der Waals surface area contributed by atoms with Gasteiger partial charge in [0.2, 0.25) is 0 Å². The molecule has 0 aromatic carbocycles. The van der Waals surface area contributed by atoms with Crippen LogP contribution in [0.15, 0.2) is 0 Å². The van der Waals surface area contributed by atoms with Crippen LogP contribution in [0.4, 0.5) is 0 Å². The van der Waals surface area contributed by atoms with Gasteiger partial charge in [-0.1, -0.05) is 0 Å². The summed E-state index contributed by atoms with van der Waals surface area (Å²) in [5.41, 5.74) is 0. The van der Waals surface area contributed by atoms with Gasteiger partial charge in [-0.2, -0.15) is 0 Å².